The molecule has 12 aliphatic carbocycles. The van der Waals surface area contributed by atoms with Crippen LogP contribution in [0.1, 0.15) is 208 Å². The van der Waals surface area contributed by atoms with Crippen molar-refractivity contribution >= 4 is 43.8 Å². The van der Waals surface area contributed by atoms with Gasteiger partial charge in [-0.1, -0.05) is 0 Å². The van der Waals surface area contributed by atoms with Crippen LogP contribution in [0.25, 0.3) is 34.4 Å². The van der Waals surface area contributed by atoms with Gasteiger partial charge in [0.1, 0.15) is 0 Å². The normalized spacial score (nSPS) is 33.8. The minimum absolute atomic E-state index is 0. The summed E-state index contributed by atoms with van der Waals surface area (Å²) in [6, 6.07) is 36.0. The molecular weight excluding hydrogens is 1010 g/mol. The first kappa shape index (κ1) is 50.8. The quantitative estimate of drug-likeness (QED) is 0.110. The van der Waals surface area contributed by atoms with E-state index in [1.165, 1.54) is 189 Å². The standard InChI is InChI=1S/2C33H39.2CH3.2ClH.H2Si.Zr/c2*1-2-4-7-23(6-3-1)14-24-18-29-8-5-9-31(32(29)19-24)28-10-12-30(13-11-28)33-20-25-15-26(21-33)17-27(16-25)22-33;;;;;;/h2*5,8-13,18-19,23,25-27H,1-4,6-7,14-17,20-22H2;2*1H3;2*1H;1H2;. The molecule has 0 radical (unpaired) electrons. The first-order chi connectivity index (χ1) is 34.0. The first-order valence-electron chi connectivity index (χ1n) is 30.0. The summed E-state index contributed by atoms with van der Waals surface area (Å²) in [4.78, 5) is 0. The number of rotatable bonds is 10. The van der Waals surface area contributed by atoms with Gasteiger partial charge in [-0.05, 0) is 0 Å². The fourth-order valence-corrected chi connectivity index (χ4v) is 40.7. The van der Waals surface area contributed by atoms with Gasteiger partial charge in [-0.3, -0.25) is 0 Å². The van der Waals surface area contributed by atoms with Crippen molar-refractivity contribution in [3.63, 3.8) is 0 Å². The van der Waals surface area contributed by atoms with Gasteiger partial charge < -0.3 is 0 Å². The van der Waals surface area contributed by atoms with E-state index in [2.05, 4.69) is 113 Å². The van der Waals surface area contributed by atoms with Crippen molar-refractivity contribution in [2.75, 3.05) is 0 Å². The molecule has 16 rings (SSSR count). The van der Waals surface area contributed by atoms with Gasteiger partial charge in [-0.25, -0.2) is 0 Å². The molecule has 0 N–H and O–H groups in total. The second-order valence-corrected chi connectivity index (χ2v) is 59.0. The molecule has 0 heterocycles. The van der Waals surface area contributed by atoms with Crippen LogP contribution in [0.3, 0.4) is 0 Å². The summed E-state index contributed by atoms with van der Waals surface area (Å²) in [5.41, 5.74) is 20.4. The van der Waals surface area contributed by atoms with Crippen LogP contribution in [-0.2, 0) is 28.2 Å². The molecule has 10 fully saturated rings. The number of hydrogen-bond donors (Lipinski definition) is 0. The van der Waals surface area contributed by atoms with Crippen molar-refractivity contribution in [3.05, 3.63) is 129 Å². The fourth-order valence-electron chi connectivity index (χ4n) is 20.9. The van der Waals surface area contributed by atoms with Crippen molar-refractivity contribution in [1.29, 1.82) is 0 Å². The third-order valence-electron chi connectivity index (χ3n) is 22.9. The van der Waals surface area contributed by atoms with Gasteiger partial charge >= 0.3 is 430 Å². The Morgan fingerprint density at radius 1 is 0.431 bits per heavy atom. The minimum atomic E-state index is -3.95. The van der Waals surface area contributed by atoms with E-state index in [9.17, 15) is 0 Å². The molecule has 2 unspecified atom stereocenters. The van der Waals surface area contributed by atoms with Crippen LogP contribution in [0.15, 0.2) is 96.1 Å². The van der Waals surface area contributed by atoms with Crippen molar-refractivity contribution in [1.82, 2.24) is 0 Å². The predicted molar refractivity (Wildman–Crippen MR) is 311 cm³/mol. The predicted octanol–water partition coefficient (Wildman–Crippen LogP) is 19.4. The number of fused-ring (bicyclic) bond motifs is 2. The van der Waals surface area contributed by atoms with Gasteiger partial charge in [0.15, 0.2) is 0 Å². The van der Waals surface area contributed by atoms with Gasteiger partial charge in [-0.2, -0.15) is 0 Å². The van der Waals surface area contributed by atoms with Gasteiger partial charge in [0, 0.05) is 0 Å². The molecule has 0 aromatic heterocycles. The summed E-state index contributed by atoms with van der Waals surface area (Å²) in [5.74, 6) is 7.55. The Bertz CT molecular complexity index is 2530. The van der Waals surface area contributed by atoms with Crippen molar-refractivity contribution in [2.45, 2.75) is 194 Å². The van der Waals surface area contributed by atoms with Gasteiger partial charge in [0.2, 0.25) is 0 Å². The average molecular weight is 1100 g/mol. The molecule has 72 heavy (non-hydrogen) atoms. The van der Waals surface area contributed by atoms with E-state index in [1.54, 1.807) is 33.4 Å². The molecule has 0 amide bonds. The zero-order chi connectivity index (χ0) is 46.8. The Hall–Kier alpha value is -1.96. The van der Waals surface area contributed by atoms with Crippen LogP contribution in [-0.4, -0.2) is 6.88 Å². The summed E-state index contributed by atoms with van der Waals surface area (Å²) < 4.78 is 7.09. The van der Waals surface area contributed by atoms with E-state index in [-0.39, 0.29) is 24.8 Å². The second-order valence-electron chi connectivity index (χ2n) is 28.5. The third-order valence-corrected chi connectivity index (χ3v) is 40.4. The molecule has 382 valence electrons. The van der Waals surface area contributed by atoms with E-state index in [4.69, 9.17) is 0 Å². The maximum atomic E-state index is 2.97. The van der Waals surface area contributed by atoms with Gasteiger partial charge in [-0.15, -0.1) is 24.8 Å². The first-order valence-corrected chi connectivity index (χ1v) is 43.7. The van der Waals surface area contributed by atoms with Crippen molar-refractivity contribution < 1.29 is 17.4 Å². The third kappa shape index (κ3) is 8.84. The molecule has 0 nitrogen and oxygen atoms in total. The molecule has 4 heteroatoms. The Kier molecular flexibility index (Phi) is 13.8. The molecule has 4 aromatic carbocycles. The molecular formula is C68H88Cl2SiZr. The summed E-state index contributed by atoms with van der Waals surface area (Å²) in [6.07, 6.45) is 43.3. The zero-order valence-electron chi connectivity index (χ0n) is 44.4. The van der Waals surface area contributed by atoms with E-state index in [0.29, 0.717) is 18.1 Å². The Labute approximate surface area is 450 Å². The number of benzene rings is 4. The molecule has 2 atom stereocenters. The van der Waals surface area contributed by atoms with Gasteiger partial charge in [0.25, 0.3) is 0 Å². The Morgan fingerprint density at radius 3 is 1.07 bits per heavy atom. The van der Waals surface area contributed by atoms with E-state index < -0.39 is 17.4 Å². The molecule has 0 saturated heterocycles. The fraction of sp³-hybridized carbons (Fsp3) is 0.588. The van der Waals surface area contributed by atoms with Crippen LogP contribution < -0.4 is 0 Å². The second kappa shape index (κ2) is 19.5. The summed E-state index contributed by atoms with van der Waals surface area (Å²) in [5, 5.41) is 0. The van der Waals surface area contributed by atoms with Crippen LogP contribution in [0.5, 0.6) is 0 Å². The maximum absolute atomic E-state index is 3.95. The Morgan fingerprint density at radius 2 is 0.750 bits per heavy atom. The topological polar surface area (TPSA) is 0 Å². The SMILES string of the molecule is Cl.Cl.[CH3][Zr]([CH3])(=[SiH2])([CH]1C(CC2CCCCCC2)=Cc2c(-c3ccc(C45CC6CC(CC(C6)C4)C5)cc3)cccc21)[CH]1C(CC2CCCCCC2)=Cc2c(-c3ccc(C45CC6CC(CC(C6)C4)C5)cc3)cccc21. The van der Waals surface area contributed by atoms with E-state index >= 15 is 0 Å². The average Bonchev–Trinajstić information content (AvgIpc) is 3.66. The van der Waals surface area contributed by atoms with Crippen LogP contribution in [0, 0.1) is 47.3 Å². The zero-order valence-corrected chi connectivity index (χ0v) is 49.9. The molecule has 10 saturated carbocycles. The Balaban J connectivity index is 0.00000265. The number of hydrogen-bond acceptors (Lipinski definition) is 0. The monoisotopic (exact) mass is 1090 g/mol. The number of allylic oxidation sites excluding steroid dienone is 2. The van der Waals surface area contributed by atoms with Crippen LogP contribution in [0.4, 0.5) is 0 Å². The van der Waals surface area contributed by atoms with E-state index in [0.717, 1.165) is 47.3 Å². The van der Waals surface area contributed by atoms with E-state index in [1.807, 2.05) is 11.1 Å². The molecule has 8 bridgehead atoms. The molecule has 12 aliphatic rings. The molecule has 0 aliphatic heterocycles. The van der Waals surface area contributed by atoms with Crippen molar-refractivity contribution in [3.8, 4) is 22.3 Å². The summed E-state index contributed by atoms with van der Waals surface area (Å²) >= 11 is -3.95. The summed E-state index contributed by atoms with van der Waals surface area (Å²) in [6.45, 7) is 2.63. The molecule has 4 aromatic rings. The number of halogens is 2. The molecule has 0 spiro atoms. The summed E-state index contributed by atoms with van der Waals surface area (Å²) in [7, 11) is 0. The van der Waals surface area contributed by atoms with Crippen molar-refractivity contribution in [2.24, 2.45) is 47.3 Å². The van der Waals surface area contributed by atoms with Crippen LogP contribution in [0.2, 0.25) is 9.26 Å². The van der Waals surface area contributed by atoms with Crippen LogP contribution >= 0.6 is 24.8 Å². The van der Waals surface area contributed by atoms with Gasteiger partial charge in [0.05, 0.1) is 0 Å².